The summed E-state index contributed by atoms with van der Waals surface area (Å²) in [6, 6.07) is 4.44. The smallest absolute Gasteiger partial charge is 0.293 e. The zero-order chi connectivity index (χ0) is 13.5. The Balaban J connectivity index is 2.72. The quantitative estimate of drug-likeness (QED) is 0.479. The van der Waals surface area contributed by atoms with Gasteiger partial charge in [0.2, 0.25) is 5.91 Å². The van der Waals surface area contributed by atoms with Crippen LogP contribution < -0.4 is 5.32 Å². The van der Waals surface area contributed by atoms with Crippen molar-refractivity contribution in [3.8, 4) is 0 Å². The van der Waals surface area contributed by atoms with Crippen LogP contribution >= 0.6 is 15.9 Å². The third-order valence-corrected chi connectivity index (χ3v) is 2.74. The van der Waals surface area contributed by atoms with E-state index < -0.39 is 4.92 Å². The molecule has 0 atom stereocenters. The molecule has 0 radical (unpaired) electrons. The predicted molar refractivity (Wildman–Crippen MR) is 70.4 cm³/mol. The van der Waals surface area contributed by atoms with E-state index in [1.54, 1.807) is 6.07 Å². The molecule has 0 heterocycles. The van der Waals surface area contributed by atoms with Gasteiger partial charge in [-0.1, -0.05) is 15.9 Å². The molecule has 0 saturated heterocycles. The molecule has 0 unspecified atom stereocenters. The van der Waals surface area contributed by atoms with Crippen LogP contribution in [0.25, 0.3) is 0 Å². The number of hydrogen-bond donors (Lipinski definition) is 2. The molecule has 1 aromatic carbocycles. The summed E-state index contributed by atoms with van der Waals surface area (Å²) in [7, 11) is 0. The first-order valence-corrected chi connectivity index (χ1v) is 6.18. The van der Waals surface area contributed by atoms with Crippen LogP contribution in [-0.2, 0) is 4.79 Å². The molecule has 0 saturated carbocycles. The first-order chi connectivity index (χ1) is 8.54. The van der Waals surface area contributed by atoms with Crippen LogP contribution in [0.15, 0.2) is 22.7 Å². The Bertz CT molecular complexity index is 451. The van der Waals surface area contributed by atoms with E-state index in [1.807, 2.05) is 0 Å². The van der Waals surface area contributed by atoms with Crippen molar-refractivity contribution in [2.24, 2.45) is 0 Å². The molecular formula is C11H13BrN2O4. The lowest BCUT2D eigenvalue weighted by Crippen LogP contribution is -2.12. The lowest BCUT2D eigenvalue weighted by atomic mass is 10.2. The normalized spacial score (nSPS) is 10.1. The van der Waals surface area contributed by atoms with E-state index in [-0.39, 0.29) is 30.3 Å². The van der Waals surface area contributed by atoms with Crippen LogP contribution in [0.2, 0.25) is 0 Å². The molecule has 6 nitrogen and oxygen atoms in total. The van der Waals surface area contributed by atoms with E-state index in [2.05, 4.69) is 21.2 Å². The van der Waals surface area contributed by atoms with Gasteiger partial charge in [-0.05, 0) is 25.0 Å². The van der Waals surface area contributed by atoms with E-state index in [0.717, 1.165) is 0 Å². The molecule has 1 rings (SSSR count). The summed E-state index contributed by atoms with van der Waals surface area (Å²) >= 11 is 3.14. The standard InChI is InChI=1S/C11H13BrN2O4/c12-8-4-5-9(10(7-8)14(17)18)13-11(16)3-1-2-6-15/h4-5,7,15H,1-3,6H2,(H,13,16). The highest BCUT2D eigenvalue weighted by atomic mass is 79.9. The van der Waals surface area contributed by atoms with Gasteiger partial charge in [0.05, 0.1) is 4.92 Å². The van der Waals surface area contributed by atoms with E-state index in [9.17, 15) is 14.9 Å². The molecule has 0 aromatic heterocycles. The minimum Gasteiger partial charge on any atom is -0.396 e. The van der Waals surface area contributed by atoms with Gasteiger partial charge in [0.25, 0.3) is 5.69 Å². The number of carbonyl (C=O) groups excluding carboxylic acids is 1. The Hall–Kier alpha value is -1.47. The number of nitro groups is 1. The number of hydrogen-bond acceptors (Lipinski definition) is 4. The Morgan fingerprint density at radius 3 is 2.78 bits per heavy atom. The highest BCUT2D eigenvalue weighted by Gasteiger charge is 2.15. The molecular weight excluding hydrogens is 304 g/mol. The van der Waals surface area contributed by atoms with Crippen molar-refractivity contribution in [3.63, 3.8) is 0 Å². The topological polar surface area (TPSA) is 92.5 Å². The number of nitro benzene ring substituents is 1. The molecule has 0 aliphatic heterocycles. The molecule has 0 spiro atoms. The molecule has 1 aromatic rings. The maximum atomic E-state index is 11.5. The van der Waals surface area contributed by atoms with Crippen molar-refractivity contribution in [2.75, 3.05) is 11.9 Å². The van der Waals surface area contributed by atoms with E-state index >= 15 is 0 Å². The van der Waals surface area contributed by atoms with Gasteiger partial charge in [-0.25, -0.2) is 0 Å². The number of rotatable bonds is 6. The maximum absolute atomic E-state index is 11.5. The molecule has 0 fully saturated rings. The zero-order valence-corrected chi connectivity index (χ0v) is 11.1. The fourth-order valence-corrected chi connectivity index (χ4v) is 1.72. The molecule has 2 N–H and O–H groups in total. The Kier molecular flexibility index (Phi) is 5.73. The number of halogens is 1. The predicted octanol–water partition coefficient (Wildman–Crippen LogP) is 2.46. The number of anilines is 1. The number of aliphatic hydroxyl groups is 1. The first kappa shape index (κ1) is 14.6. The average molecular weight is 317 g/mol. The summed E-state index contributed by atoms with van der Waals surface area (Å²) < 4.78 is 0.576. The van der Waals surface area contributed by atoms with Crippen molar-refractivity contribution < 1.29 is 14.8 Å². The summed E-state index contributed by atoms with van der Waals surface area (Å²) in [6.45, 7) is 0.0334. The van der Waals surface area contributed by atoms with Crippen LogP contribution in [0.4, 0.5) is 11.4 Å². The average Bonchev–Trinajstić information content (AvgIpc) is 2.31. The zero-order valence-electron chi connectivity index (χ0n) is 9.56. The van der Waals surface area contributed by atoms with Gasteiger partial charge >= 0.3 is 0 Å². The van der Waals surface area contributed by atoms with Gasteiger partial charge in [-0.3, -0.25) is 14.9 Å². The Morgan fingerprint density at radius 2 is 2.17 bits per heavy atom. The minimum absolute atomic E-state index is 0.0334. The van der Waals surface area contributed by atoms with Gasteiger partial charge in [-0.2, -0.15) is 0 Å². The lowest BCUT2D eigenvalue weighted by molar-refractivity contribution is -0.384. The number of amides is 1. The van der Waals surface area contributed by atoms with Crippen LogP contribution in [0.3, 0.4) is 0 Å². The first-order valence-electron chi connectivity index (χ1n) is 5.39. The number of unbranched alkanes of at least 4 members (excludes halogenated alkanes) is 1. The van der Waals surface area contributed by atoms with Crippen LogP contribution in [-0.4, -0.2) is 22.5 Å². The lowest BCUT2D eigenvalue weighted by Gasteiger charge is -2.06. The largest absolute Gasteiger partial charge is 0.396 e. The maximum Gasteiger partial charge on any atom is 0.293 e. The number of benzene rings is 1. The third-order valence-electron chi connectivity index (χ3n) is 2.24. The van der Waals surface area contributed by atoms with Crippen LogP contribution in [0, 0.1) is 10.1 Å². The second-order valence-corrected chi connectivity index (χ2v) is 4.56. The molecule has 0 aliphatic rings. The Labute approximate surface area is 112 Å². The van der Waals surface area contributed by atoms with E-state index in [4.69, 9.17) is 5.11 Å². The van der Waals surface area contributed by atoms with Crippen molar-refractivity contribution in [1.82, 2.24) is 0 Å². The third kappa shape index (κ3) is 4.42. The van der Waals surface area contributed by atoms with Gasteiger partial charge in [0.15, 0.2) is 0 Å². The molecule has 1 amide bonds. The molecule has 7 heteroatoms. The minimum atomic E-state index is -0.548. The fourth-order valence-electron chi connectivity index (χ4n) is 1.37. The van der Waals surface area contributed by atoms with Crippen molar-refractivity contribution >= 4 is 33.2 Å². The summed E-state index contributed by atoms with van der Waals surface area (Å²) in [5, 5.41) is 21.9. The van der Waals surface area contributed by atoms with Crippen LogP contribution in [0.5, 0.6) is 0 Å². The summed E-state index contributed by atoms with van der Waals surface area (Å²) in [4.78, 5) is 21.8. The number of aliphatic hydroxyl groups excluding tert-OH is 1. The second-order valence-electron chi connectivity index (χ2n) is 3.65. The molecule has 0 aliphatic carbocycles. The number of nitrogens with zero attached hydrogens (tertiary/aromatic N) is 1. The van der Waals surface area contributed by atoms with Crippen molar-refractivity contribution in [1.29, 1.82) is 0 Å². The van der Waals surface area contributed by atoms with Gasteiger partial charge < -0.3 is 10.4 Å². The highest BCUT2D eigenvalue weighted by molar-refractivity contribution is 9.10. The molecule has 98 valence electrons. The van der Waals surface area contributed by atoms with E-state index in [0.29, 0.717) is 17.3 Å². The van der Waals surface area contributed by atoms with Crippen LogP contribution in [0.1, 0.15) is 19.3 Å². The Morgan fingerprint density at radius 1 is 1.44 bits per heavy atom. The van der Waals surface area contributed by atoms with Gasteiger partial charge in [0, 0.05) is 23.6 Å². The SMILES string of the molecule is O=C(CCCCO)Nc1ccc(Br)cc1[N+](=O)[O-]. The summed E-state index contributed by atoms with van der Waals surface area (Å²) in [5.74, 6) is -0.297. The number of nitrogens with one attached hydrogen (secondary N) is 1. The number of carbonyl (C=O) groups is 1. The van der Waals surface area contributed by atoms with Crippen molar-refractivity contribution in [3.05, 3.63) is 32.8 Å². The van der Waals surface area contributed by atoms with Gasteiger partial charge in [0.1, 0.15) is 5.69 Å². The summed E-state index contributed by atoms with van der Waals surface area (Å²) in [6.07, 6.45) is 1.32. The fraction of sp³-hybridized carbons (Fsp3) is 0.364. The molecule has 18 heavy (non-hydrogen) atoms. The second kappa shape index (κ2) is 7.07. The van der Waals surface area contributed by atoms with E-state index in [1.165, 1.54) is 12.1 Å². The monoisotopic (exact) mass is 316 g/mol. The summed E-state index contributed by atoms with van der Waals surface area (Å²) in [5.41, 5.74) is 0.0251. The highest BCUT2D eigenvalue weighted by Crippen LogP contribution is 2.28. The van der Waals surface area contributed by atoms with Crippen molar-refractivity contribution in [2.45, 2.75) is 19.3 Å². The molecule has 0 bridgehead atoms. The van der Waals surface area contributed by atoms with Gasteiger partial charge in [-0.15, -0.1) is 0 Å².